The van der Waals surface area contributed by atoms with Crippen LogP contribution in [0.5, 0.6) is 5.75 Å². The molecule has 0 aliphatic carbocycles. The number of benzene rings is 1. The van der Waals surface area contributed by atoms with E-state index in [0.717, 1.165) is 22.8 Å². The van der Waals surface area contributed by atoms with E-state index >= 15 is 0 Å². The number of H-pyrrole nitrogens is 1. The molecule has 0 amide bonds. The molecular weight excluding hydrogens is 244 g/mol. The highest BCUT2D eigenvalue weighted by Crippen LogP contribution is 2.28. The molecule has 0 spiro atoms. The van der Waals surface area contributed by atoms with Crippen molar-refractivity contribution in [3.8, 4) is 5.75 Å². The van der Waals surface area contributed by atoms with E-state index in [2.05, 4.69) is 9.97 Å². The highest BCUT2D eigenvalue weighted by atomic mass is 16.5. The first-order valence-electron chi connectivity index (χ1n) is 5.97. The van der Waals surface area contributed by atoms with E-state index in [0.29, 0.717) is 0 Å². The van der Waals surface area contributed by atoms with Crippen molar-refractivity contribution in [3.05, 3.63) is 47.5 Å². The summed E-state index contributed by atoms with van der Waals surface area (Å²) >= 11 is 0. The number of ether oxygens (including phenoxy) is 1. The quantitative estimate of drug-likeness (QED) is 0.865. The molecule has 1 unspecified atom stereocenters. The van der Waals surface area contributed by atoms with Gasteiger partial charge in [-0.25, -0.2) is 4.98 Å². The zero-order valence-corrected chi connectivity index (χ0v) is 10.9. The number of methoxy groups -OCH3 is 1. The Balaban J connectivity index is 2.33. The van der Waals surface area contributed by atoms with Crippen LogP contribution in [0.15, 0.2) is 30.5 Å². The molecule has 0 aliphatic rings. The number of rotatable bonds is 5. The summed E-state index contributed by atoms with van der Waals surface area (Å²) in [5.74, 6) is 0.454. The normalized spacial score (nSPS) is 12.1. The van der Waals surface area contributed by atoms with Crippen LogP contribution < -0.4 is 4.74 Å². The van der Waals surface area contributed by atoms with Gasteiger partial charge in [0.05, 0.1) is 13.5 Å². The number of aromatic amines is 1. The Morgan fingerprint density at radius 1 is 1.42 bits per heavy atom. The van der Waals surface area contributed by atoms with E-state index in [1.807, 2.05) is 31.2 Å². The van der Waals surface area contributed by atoms with Gasteiger partial charge in [0.2, 0.25) is 0 Å². The minimum absolute atomic E-state index is 0.0218. The van der Waals surface area contributed by atoms with Crippen molar-refractivity contribution < 1.29 is 14.6 Å². The van der Waals surface area contributed by atoms with Gasteiger partial charge >= 0.3 is 5.97 Å². The summed E-state index contributed by atoms with van der Waals surface area (Å²) in [6, 6.07) is 7.41. The summed E-state index contributed by atoms with van der Waals surface area (Å²) in [6.45, 7) is 1.84. The van der Waals surface area contributed by atoms with Crippen LogP contribution in [0, 0.1) is 6.92 Å². The lowest BCUT2D eigenvalue weighted by molar-refractivity contribution is -0.137. The van der Waals surface area contributed by atoms with Gasteiger partial charge < -0.3 is 14.8 Å². The molecule has 5 heteroatoms. The van der Waals surface area contributed by atoms with Crippen molar-refractivity contribution in [2.24, 2.45) is 0 Å². The summed E-state index contributed by atoms with van der Waals surface area (Å²) in [6.07, 6.45) is 1.71. The van der Waals surface area contributed by atoms with Crippen molar-refractivity contribution in [2.45, 2.75) is 19.3 Å². The molecule has 5 nitrogen and oxygen atoms in total. The van der Waals surface area contributed by atoms with E-state index in [4.69, 9.17) is 9.84 Å². The Kier molecular flexibility index (Phi) is 3.85. The number of nitrogens with zero attached hydrogens (tertiary/aromatic N) is 1. The number of aromatic nitrogens is 2. The minimum Gasteiger partial charge on any atom is -0.497 e. The predicted molar refractivity (Wildman–Crippen MR) is 70.4 cm³/mol. The van der Waals surface area contributed by atoms with Crippen molar-refractivity contribution in [2.75, 3.05) is 7.11 Å². The largest absolute Gasteiger partial charge is 0.497 e. The number of hydrogen-bond acceptors (Lipinski definition) is 3. The van der Waals surface area contributed by atoms with Gasteiger partial charge in [0.25, 0.3) is 0 Å². The molecule has 0 fully saturated rings. The van der Waals surface area contributed by atoms with Gasteiger partial charge in [0, 0.05) is 17.8 Å². The van der Waals surface area contributed by atoms with E-state index in [-0.39, 0.29) is 12.3 Å². The summed E-state index contributed by atoms with van der Waals surface area (Å²) in [5.41, 5.74) is 1.73. The standard InChI is InChI=1S/C14H16N2O3/c1-9-15-8-13(16-9)12(7-14(17)18)10-3-5-11(19-2)6-4-10/h3-6,8,12H,7H2,1-2H3,(H,15,16)(H,17,18). The van der Waals surface area contributed by atoms with Crippen LogP contribution in [-0.4, -0.2) is 28.2 Å². The number of nitrogens with one attached hydrogen (secondary N) is 1. The lowest BCUT2D eigenvalue weighted by Gasteiger charge is -2.14. The van der Waals surface area contributed by atoms with E-state index < -0.39 is 5.97 Å². The topological polar surface area (TPSA) is 75.2 Å². The fourth-order valence-electron chi connectivity index (χ4n) is 2.04. The molecule has 0 saturated heterocycles. The fourth-order valence-corrected chi connectivity index (χ4v) is 2.04. The molecule has 0 radical (unpaired) electrons. The molecule has 0 aliphatic heterocycles. The van der Waals surface area contributed by atoms with Crippen molar-refractivity contribution in [3.63, 3.8) is 0 Å². The second-order valence-electron chi connectivity index (χ2n) is 4.35. The second kappa shape index (κ2) is 5.56. The fraction of sp³-hybridized carbons (Fsp3) is 0.286. The van der Waals surface area contributed by atoms with Gasteiger partial charge in [-0.3, -0.25) is 4.79 Å². The molecule has 19 heavy (non-hydrogen) atoms. The van der Waals surface area contributed by atoms with E-state index in [1.165, 1.54) is 0 Å². The smallest absolute Gasteiger partial charge is 0.304 e. The van der Waals surface area contributed by atoms with Gasteiger partial charge in [-0.2, -0.15) is 0 Å². The number of carboxylic acids is 1. The third-order valence-corrected chi connectivity index (χ3v) is 2.99. The molecule has 1 heterocycles. The highest BCUT2D eigenvalue weighted by Gasteiger charge is 2.19. The van der Waals surface area contributed by atoms with Gasteiger partial charge in [-0.1, -0.05) is 12.1 Å². The Hall–Kier alpha value is -2.30. The molecule has 100 valence electrons. The maximum Gasteiger partial charge on any atom is 0.304 e. The van der Waals surface area contributed by atoms with Gasteiger partial charge in [-0.05, 0) is 24.6 Å². The summed E-state index contributed by atoms with van der Waals surface area (Å²) in [7, 11) is 1.60. The van der Waals surface area contributed by atoms with Gasteiger partial charge in [0.1, 0.15) is 11.6 Å². The number of imidazole rings is 1. The maximum absolute atomic E-state index is 11.0. The monoisotopic (exact) mass is 260 g/mol. The summed E-state index contributed by atoms with van der Waals surface area (Å²) in [4.78, 5) is 18.3. The van der Waals surface area contributed by atoms with Crippen molar-refractivity contribution in [1.82, 2.24) is 9.97 Å². The maximum atomic E-state index is 11.0. The number of hydrogen-bond donors (Lipinski definition) is 2. The minimum atomic E-state index is -0.840. The summed E-state index contributed by atoms with van der Waals surface area (Å²) < 4.78 is 5.10. The Labute approximate surface area is 111 Å². The zero-order valence-electron chi connectivity index (χ0n) is 10.9. The molecule has 2 rings (SSSR count). The molecule has 2 N–H and O–H groups in total. The summed E-state index contributed by atoms with van der Waals surface area (Å²) in [5, 5.41) is 9.06. The molecule has 0 bridgehead atoms. The van der Waals surface area contributed by atoms with Crippen LogP contribution in [-0.2, 0) is 4.79 Å². The zero-order chi connectivity index (χ0) is 13.8. The average molecular weight is 260 g/mol. The van der Waals surface area contributed by atoms with Crippen LogP contribution in [0.25, 0.3) is 0 Å². The number of aliphatic carboxylic acids is 1. The molecule has 0 saturated carbocycles. The van der Waals surface area contributed by atoms with Crippen LogP contribution in [0.2, 0.25) is 0 Å². The molecule has 2 aromatic rings. The molecule has 1 atom stereocenters. The third-order valence-electron chi connectivity index (χ3n) is 2.99. The number of carboxylic acid groups (broad SMARTS) is 1. The third kappa shape index (κ3) is 3.13. The second-order valence-corrected chi connectivity index (χ2v) is 4.35. The Bertz CT molecular complexity index is 560. The number of aryl methyl sites for hydroxylation is 1. The SMILES string of the molecule is COc1ccc(C(CC(=O)O)c2cnc(C)[nH]2)cc1. The van der Waals surface area contributed by atoms with Crippen molar-refractivity contribution >= 4 is 5.97 Å². The Morgan fingerprint density at radius 2 is 2.11 bits per heavy atom. The van der Waals surface area contributed by atoms with Gasteiger partial charge in [-0.15, -0.1) is 0 Å². The first-order valence-corrected chi connectivity index (χ1v) is 5.97. The molecule has 1 aromatic carbocycles. The van der Waals surface area contributed by atoms with Gasteiger partial charge in [0.15, 0.2) is 0 Å². The first kappa shape index (κ1) is 13.1. The first-order chi connectivity index (χ1) is 9.10. The molecular formula is C14H16N2O3. The van der Waals surface area contributed by atoms with Crippen LogP contribution in [0.4, 0.5) is 0 Å². The van der Waals surface area contributed by atoms with E-state index in [1.54, 1.807) is 13.3 Å². The van der Waals surface area contributed by atoms with Crippen molar-refractivity contribution in [1.29, 1.82) is 0 Å². The highest BCUT2D eigenvalue weighted by molar-refractivity contribution is 5.68. The predicted octanol–water partition coefficient (Wildman–Crippen LogP) is 2.33. The lowest BCUT2D eigenvalue weighted by Crippen LogP contribution is -2.08. The van der Waals surface area contributed by atoms with Crippen LogP contribution in [0.1, 0.15) is 29.4 Å². The Morgan fingerprint density at radius 3 is 2.58 bits per heavy atom. The lowest BCUT2D eigenvalue weighted by atomic mass is 9.93. The average Bonchev–Trinajstić information content (AvgIpc) is 2.82. The van der Waals surface area contributed by atoms with Crippen LogP contribution >= 0.6 is 0 Å². The van der Waals surface area contributed by atoms with Crippen LogP contribution in [0.3, 0.4) is 0 Å². The molecule has 1 aromatic heterocycles. The number of carbonyl (C=O) groups is 1. The van der Waals surface area contributed by atoms with E-state index in [9.17, 15) is 4.79 Å².